The van der Waals surface area contributed by atoms with E-state index in [1.54, 1.807) is 24.3 Å². The number of hydrogen-bond acceptors (Lipinski definition) is 5. The molecule has 2 heterocycles. The Kier molecular flexibility index (Phi) is 6.69. The third-order valence-electron chi connectivity index (χ3n) is 5.93. The van der Waals surface area contributed by atoms with Crippen LogP contribution >= 0.6 is 11.6 Å². The Hall–Kier alpha value is -2.16. The molecule has 1 atom stereocenters. The van der Waals surface area contributed by atoms with Crippen LogP contribution in [0.15, 0.2) is 24.3 Å². The second-order valence-electron chi connectivity index (χ2n) is 8.28. The second-order valence-corrected chi connectivity index (χ2v) is 8.71. The van der Waals surface area contributed by atoms with Gasteiger partial charge in [-0.3, -0.25) is 19.4 Å². The lowest BCUT2D eigenvalue weighted by molar-refractivity contribution is -0.135. The summed E-state index contributed by atoms with van der Waals surface area (Å²) in [5.74, 6) is -0.803. The van der Waals surface area contributed by atoms with Crippen LogP contribution < -0.4 is 10.6 Å². The van der Waals surface area contributed by atoms with Gasteiger partial charge in [-0.15, -0.1) is 0 Å². The van der Waals surface area contributed by atoms with Gasteiger partial charge in [0.2, 0.25) is 5.91 Å². The fraction of sp³-hybridized carbons (Fsp3) is 0.571. The highest BCUT2D eigenvalue weighted by Gasteiger charge is 2.51. The van der Waals surface area contributed by atoms with E-state index in [-0.39, 0.29) is 18.0 Å². The lowest BCUT2D eigenvalue weighted by Gasteiger charge is -2.40. The summed E-state index contributed by atoms with van der Waals surface area (Å²) >= 11 is 5.95. The summed E-state index contributed by atoms with van der Waals surface area (Å²) in [4.78, 5) is 41.5. The number of rotatable bonds is 7. The maximum Gasteiger partial charge on any atom is 0.325 e. The zero-order chi connectivity index (χ0) is 21.9. The first-order valence-electron chi connectivity index (χ1n) is 10.2. The molecule has 1 aromatic rings. The van der Waals surface area contributed by atoms with E-state index in [1.807, 2.05) is 6.92 Å². The molecule has 8 nitrogen and oxygen atoms in total. The van der Waals surface area contributed by atoms with Crippen molar-refractivity contribution in [1.29, 1.82) is 0 Å². The largest absolute Gasteiger partial charge is 0.379 e. The Labute approximate surface area is 181 Å². The van der Waals surface area contributed by atoms with Crippen molar-refractivity contribution in [3.8, 4) is 0 Å². The Balaban J connectivity index is 1.64. The summed E-state index contributed by atoms with van der Waals surface area (Å²) in [6, 6.07) is 6.23. The standard InChI is InChI=1S/C21H29ClN4O4/c1-4-21(15-5-7-16(22)8-6-15)18(28)26(19(29)24-21)13-17(27)23-14-20(2,3)25-9-11-30-12-10-25/h5-8H,4,9-14H2,1-3H3,(H,23,27)(H,24,29). The molecular formula is C21H29ClN4O4. The summed E-state index contributed by atoms with van der Waals surface area (Å²) in [5.41, 5.74) is -0.800. The van der Waals surface area contributed by atoms with E-state index in [9.17, 15) is 14.4 Å². The van der Waals surface area contributed by atoms with Crippen LogP contribution in [0, 0.1) is 0 Å². The average molecular weight is 437 g/mol. The van der Waals surface area contributed by atoms with Crippen LogP contribution in [0.1, 0.15) is 32.8 Å². The van der Waals surface area contributed by atoms with E-state index in [0.717, 1.165) is 18.0 Å². The monoisotopic (exact) mass is 436 g/mol. The van der Waals surface area contributed by atoms with Crippen molar-refractivity contribution < 1.29 is 19.1 Å². The highest BCUT2D eigenvalue weighted by Crippen LogP contribution is 2.33. The van der Waals surface area contributed by atoms with Gasteiger partial charge in [0.05, 0.1) is 13.2 Å². The van der Waals surface area contributed by atoms with Crippen LogP contribution in [0.3, 0.4) is 0 Å². The molecule has 164 valence electrons. The van der Waals surface area contributed by atoms with E-state index in [4.69, 9.17) is 16.3 Å². The Morgan fingerprint density at radius 3 is 2.47 bits per heavy atom. The number of urea groups is 1. The van der Waals surface area contributed by atoms with E-state index in [1.165, 1.54) is 0 Å². The third-order valence-corrected chi connectivity index (χ3v) is 6.18. The number of hydrogen-bond donors (Lipinski definition) is 2. The van der Waals surface area contributed by atoms with Gasteiger partial charge in [-0.1, -0.05) is 30.7 Å². The first kappa shape index (κ1) is 22.5. The minimum Gasteiger partial charge on any atom is -0.379 e. The van der Waals surface area contributed by atoms with Gasteiger partial charge in [0.25, 0.3) is 5.91 Å². The molecule has 1 aromatic carbocycles. The molecule has 3 rings (SSSR count). The van der Waals surface area contributed by atoms with Crippen LogP contribution in [-0.2, 0) is 19.9 Å². The van der Waals surface area contributed by atoms with Crippen LogP contribution in [0.4, 0.5) is 4.79 Å². The zero-order valence-electron chi connectivity index (χ0n) is 17.7. The van der Waals surface area contributed by atoms with E-state index in [0.29, 0.717) is 36.8 Å². The minimum atomic E-state index is -1.19. The van der Waals surface area contributed by atoms with Gasteiger partial charge < -0.3 is 15.4 Å². The van der Waals surface area contributed by atoms with Crippen molar-refractivity contribution in [2.75, 3.05) is 39.4 Å². The molecule has 0 spiro atoms. The highest BCUT2D eigenvalue weighted by molar-refractivity contribution is 6.30. The molecule has 0 aromatic heterocycles. The molecule has 30 heavy (non-hydrogen) atoms. The first-order valence-corrected chi connectivity index (χ1v) is 10.6. The molecule has 9 heteroatoms. The summed E-state index contributed by atoms with van der Waals surface area (Å²) in [7, 11) is 0. The predicted octanol–water partition coefficient (Wildman–Crippen LogP) is 1.72. The van der Waals surface area contributed by atoms with Crippen LogP contribution in [0.25, 0.3) is 0 Å². The molecule has 2 N–H and O–H groups in total. The number of halogens is 1. The molecule has 2 fully saturated rings. The zero-order valence-corrected chi connectivity index (χ0v) is 18.4. The maximum absolute atomic E-state index is 13.1. The van der Waals surface area contributed by atoms with Crippen molar-refractivity contribution in [1.82, 2.24) is 20.4 Å². The van der Waals surface area contributed by atoms with Crippen molar-refractivity contribution in [2.45, 2.75) is 38.3 Å². The lowest BCUT2D eigenvalue weighted by Crippen LogP contribution is -2.56. The molecule has 1 unspecified atom stereocenters. The minimum absolute atomic E-state index is 0.257. The van der Waals surface area contributed by atoms with Crippen LogP contribution in [-0.4, -0.2) is 72.6 Å². The number of carbonyl (C=O) groups is 3. The number of amides is 4. The van der Waals surface area contributed by atoms with Gasteiger partial charge >= 0.3 is 6.03 Å². The summed E-state index contributed by atoms with van der Waals surface area (Å²) in [5, 5.41) is 6.18. The molecule has 2 saturated heterocycles. The van der Waals surface area contributed by atoms with Crippen LogP contribution in [0.2, 0.25) is 5.02 Å². The highest BCUT2D eigenvalue weighted by atomic mass is 35.5. The van der Waals surface area contributed by atoms with Crippen molar-refractivity contribution in [2.24, 2.45) is 0 Å². The summed E-state index contributed by atoms with van der Waals surface area (Å²) in [6.45, 7) is 8.95. The maximum atomic E-state index is 13.1. The lowest BCUT2D eigenvalue weighted by atomic mass is 9.87. The van der Waals surface area contributed by atoms with Gasteiger partial charge in [0.15, 0.2) is 0 Å². The van der Waals surface area contributed by atoms with Gasteiger partial charge in [-0.2, -0.15) is 0 Å². The molecule has 2 aliphatic rings. The number of carbonyl (C=O) groups excluding carboxylic acids is 3. The molecular weight excluding hydrogens is 408 g/mol. The van der Waals surface area contributed by atoms with Gasteiger partial charge in [0.1, 0.15) is 12.1 Å². The van der Waals surface area contributed by atoms with Crippen molar-refractivity contribution in [3.63, 3.8) is 0 Å². The summed E-state index contributed by atoms with van der Waals surface area (Å²) in [6.07, 6.45) is 0.362. The Bertz CT molecular complexity index is 808. The number of nitrogens with zero attached hydrogens (tertiary/aromatic N) is 2. The number of benzene rings is 1. The van der Waals surface area contributed by atoms with Gasteiger partial charge in [-0.25, -0.2) is 4.79 Å². The van der Waals surface area contributed by atoms with Crippen molar-refractivity contribution in [3.05, 3.63) is 34.9 Å². The topological polar surface area (TPSA) is 91.0 Å². The molecule has 4 amide bonds. The molecule has 0 radical (unpaired) electrons. The molecule has 0 bridgehead atoms. The van der Waals surface area contributed by atoms with E-state index >= 15 is 0 Å². The van der Waals surface area contributed by atoms with Gasteiger partial charge in [0, 0.05) is 30.2 Å². The van der Waals surface area contributed by atoms with E-state index < -0.39 is 17.5 Å². The quantitative estimate of drug-likeness (QED) is 0.635. The Morgan fingerprint density at radius 1 is 1.23 bits per heavy atom. The van der Waals surface area contributed by atoms with Gasteiger partial charge in [-0.05, 0) is 38.0 Å². The SMILES string of the molecule is CCC1(c2ccc(Cl)cc2)NC(=O)N(CC(=O)NCC(C)(C)N2CCOCC2)C1=O. The number of nitrogens with one attached hydrogen (secondary N) is 2. The average Bonchev–Trinajstić information content (AvgIpc) is 2.98. The molecule has 2 aliphatic heterocycles. The number of ether oxygens (including phenoxy) is 1. The number of morpholine rings is 1. The normalized spacial score (nSPS) is 22.9. The summed E-state index contributed by atoms with van der Waals surface area (Å²) < 4.78 is 5.38. The second kappa shape index (κ2) is 8.91. The predicted molar refractivity (Wildman–Crippen MR) is 113 cm³/mol. The van der Waals surface area contributed by atoms with Crippen LogP contribution in [0.5, 0.6) is 0 Å². The molecule has 0 aliphatic carbocycles. The Morgan fingerprint density at radius 2 is 1.87 bits per heavy atom. The molecule has 0 saturated carbocycles. The fourth-order valence-electron chi connectivity index (χ4n) is 3.94. The third kappa shape index (κ3) is 4.45. The fourth-order valence-corrected chi connectivity index (χ4v) is 4.06. The smallest absolute Gasteiger partial charge is 0.325 e. The van der Waals surface area contributed by atoms with Crippen molar-refractivity contribution >= 4 is 29.4 Å². The number of imide groups is 1. The first-order chi connectivity index (χ1) is 14.2. The van der Waals surface area contributed by atoms with E-state index in [2.05, 4.69) is 29.4 Å².